The van der Waals surface area contributed by atoms with Crippen LogP contribution in [-0.2, 0) is 33.5 Å². The van der Waals surface area contributed by atoms with Crippen molar-refractivity contribution in [2.45, 2.75) is 136 Å². The Bertz CT molecular complexity index is 4510. The maximum atomic E-state index is 4.08. The van der Waals surface area contributed by atoms with Gasteiger partial charge in [-0.2, -0.15) is 0 Å². The third-order valence-corrected chi connectivity index (χ3v) is 20.8. The Morgan fingerprint density at radius 3 is 1.70 bits per heavy atom. The summed E-state index contributed by atoms with van der Waals surface area (Å²) >= 11 is 3.83. The molecule has 0 atom stereocenters. The number of fused-ring (bicyclic) bond motifs is 13. The Morgan fingerprint density at radius 2 is 1.05 bits per heavy atom. The first-order valence-electron chi connectivity index (χ1n) is 29.6. The first-order valence-corrected chi connectivity index (χ1v) is 31.3. The standard InChI is InChI=1S/C77H74BN2S2/c1-73(2,3)47-24-20-45(21-25-47)56(46-22-26-48(27-23-46)74(4,5)6)37-44-19-33-52-57-40-58(64(43-63(57)77(13,14)62(52)38-44)79-51-31-28-49(29-32-51)75(7,8)9)54-34-35-55-59-42-68-60(53-17-15-16-18-66(53)81-68)41-65(59)80-70(55)69(54)78-72-71(80)61-39-50(76(10,11)12)30-36-67(61)82-72/h15-36,38-43,56,79H,37H2,1-14H3. The molecule has 0 bridgehead atoms. The third-order valence-electron chi connectivity index (χ3n) is 18.5. The molecule has 0 fully saturated rings. The average molecular weight is 1100 g/mol. The Labute approximate surface area is 494 Å². The van der Waals surface area contributed by atoms with Gasteiger partial charge < -0.3 is 9.88 Å². The van der Waals surface area contributed by atoms with Gasteiger partial charge in [-0.25, -0.2) is 0 Å². The van der Waals surface area contributed by atoms with Crippen LogP contribution in [0.25, 0.3) is 80.0 Å². The van der Waals surface area contributed by atoms with E-state index >= 15 is 0 Å². The van der Waals surface area contributed by atoms with E-state index in [4.69, 9.17) is 0 Å². The molecule has 0 unspecified atom stereocenters. The summed E-state index contributed by atoms with van der Waals surface area (Å²) in [5.74, 6) is 0.205. The van der Waals surface area contributed by atoms with Crippen LogP contribution in [0.3, 0.4) is 0 Å². The summed E-state index contributed by atoms with van der Waals surface area (Å²) in [7, 11) is 2.54. The van der Waals surface area contributed by atoms with Crippen molar-refractivity contribution < 1.29 is 0 Å². The zero-order valence-corrected chi connectivity index (χ0v) is 51.9. The lowest BCUT2D eigenvalue weighted by Gasteiger charge is -2.26. The molecule has 1 N–H and O–H groups in total. The number of hydrogen-bond acceptors (Lipinski definition) is 3. The maximum Gasteiger partial charge on any atom is 0.211 e. The van der Waals surface area contributed by atoms with Gasteiger partial charge in [-0.1, -0.05) is 212 Å². The van der Waals surface area contributed by atoms with Crippen molar-refractivity contribution in [1.82, 2.24) is 4.57 Å². The van der Waals surface area contributed by atoms with E-state index in [0.717, 1.165) is 17.8 Å². The lowest BCUT2D eigenvalue weighted by atomic mass is 9.63. The topological polar surface area (TPSA) is 17.0 Å². The number of nitrogens with zero attached hydrogens (tertiary/aromatic N) is 1. The highest BCUT2D eigenvalue weighted by atomic mass is 32.1. The third kappa shape index (κ3) is 8.62. The molecule has 407 valence electrons. The van der Waals surface area contributed by atoms with E-state index in [0.29, 0.717) is 0 Å². The second-order valence-electron chi connectivity index (χ2n) is 28.5. The molecule has 5 heteroatoms. The number of aromatic nitrogens is 1. The van der Waals surface area contributed by atoms with Crippen LogP contribution in [-0.4, -0.2) is 11.8 Å². The second kappa shape index (κ2) is 18.4. The van der Waals surface area contributed by atoms with Gasteiger partial charge in [0.15, 0.2) is 0 Å². The van der Waals surface area contributed by atoms with Crippen molar-refractivity contribution in [3.05, 3.63) is 220 Å². The van der Waals surface area contributed by atoms with Gasteiger partial charge in [-0.15, -0.1) is 22.7 Å². The lowest BCUT2D eigenvalue weighted by Crippen LogP contribution is -2.35. The monoisotopic (exact) mass is 1100 g/mol. The van der Waals surface area contributed by atoms with E-state index in [9.17, 15) is 0 Å². The van der Waals surface area contributed by atoms with E-state index in [-0.39, 0.29) is 33.0 Å². The quantitative estimate of drug-likeness (QED) is 0.157. The molecule has 1 radical (unpaired) electrons. The maximum absolute atomic E-state index is 4.08. The Hall–Kier alpha value is -7.18. The number of hydrogen-bond donors (Lipinski definition) is 1. The second-order valence-corrected chi connectivity index (χ2v) is 30.7. The highest BCUT2D eigenvalue weighted by Gasteiger charge is 2.38. The molecule has 1 aliphatic carbocycles. The first-order chi connectivity index (χ1) is 38.9. The summed E-state index contributed by atoms with van der Waals surface area (Å²) in [6, 6.07) is 66.6. The summed E-state index contributed by atoms with van der Waals surface area (Å²) < 4.78 is 7.95. The summed E-state index contributed by atoms with van der Waals surface area (Å²) in [6.45, 7) is 32.6. The van der Waals surface area contributed by atoms with E-state index < -0.39 is 0 Å². The molecular weight excluding hydrogens is 1030 g/mol. The van der Waals surface area contributed by atoms with Crippen LogP contribution >= 0.6 is 22.7 Å². The van der Waals surface area contributed by atoms with E-state index in [1.807, 2.05) is 22.7 Å². The molecular formula is C77H74BN2S2. The van der Waals surface area contributed by atoms with Crippen LogP contribution in [0.4, 0.5) is 11.4 Å². The molecule has 0 amide bonds. The zero-order valence-electron chi connectivity index (χ0n) is 50.3. The Balaban J connectivity index is 0.957. The van der Waals surface area contributed by atoms with Crippen LogP contribution < -0.4 is 15.6 Å². The molecule has 0 saturated carbocycles. The van der Waals surface area contributed by atoms with Gasteiger partial charge in [0.2, 0.25) is 7.28 Å². The number of nitrogens with one attached hydrogen (secondary N) is 1. The van der Waals surface area contributed by atoms with E-state index in [2.05, 4.69) is 284 Å². The van der Waals surface area contributed by atoms with Crippen molar-refractivity contribution in [3.8, 4) is 27.9 Å². The molecule has 0 spiro atoms. The van der Waals surface area contributed by atoms with Crippen LogP contribution in [0.2, 0.25) is 0 Å². The predicted octanol–water partition coefficient (Wildman–Crippen LogP) is 20.6. The van der Waals surface area contributed by atoms with Crippen LogP contribution in [0.5, 0.6) is 0 Å². The summed E-state index contributed by atoms with van der Waals surface area (Å²) in [5.41, 5.74) is 24.6. The molecule has 14 rings (SSSR count). The molecule has 1 aliphatic heterocycles. The lowest BCUT2D eigenvalue weighted by molar-refractivity contribution is 0.589. The summed E-state index contributed by atoms with van der Waals surface area (Å²) in [6.07, 6.45) is 0.907. The van der Waals surface area contributed by atoms with Gasteiger partial charge in [0.1, 0.15) is 0 Å². The minimum Gasteiger partial charge on any atom is -0.355 e. The largest absolute Gasteiger partial charge is 0.355 e. The zero-order chi connectivity index (χ0) is 57.2. The van der Waals surface area contributed by atoms with Crippen LogP contribution in [0.15, 0.2) is 170 Å². The van der Waals surface area contributed by atoms with Crippen molar-refractivity contribution in [2.75, 3.05) is 5.32 Å². The van der Waals surface area contributed by atoms with Crippen molar-refractivity contribution in [2.24, 2.45) is 0 Å². The van der Waals surface area contributed by atoms with Gasteiger partial charge >= 0.3 is 0 Å². The molecule has 82 heavy (non-hydrogen) atoms. The van der Waals surface area contributed by atoms with Crippen molar-refractivity contribution >= 4 is 104 Å². The number of rotatable bonds is 7. The van der Waals surface area contributed by atoms with E-state index in [1.165, 1.54) is 140 Å². The van der Waals surface area contributed by atoms with Crippen molar-refractivity contribution in [3.63, 3.8) is 0 Å². The van der Waals surface area contributed by atoms with Gasteiger partial charge in [0.05, 0.1) is 11.2 Å². The number of thiophene rings is 2. The SMILES string of the molecule is CC(C)(C)c1ccc(Nc2cc3c(cc2-c2ccc4c5cc6sc7ccccc7c6cc5n5c4c2[B]c2sc4ccc(C(C)(C)C)cc4c2-5)-c2ccc(CC(c4ccc(C(C)(C)C)cc4)c4ccc(C(C)(C)C)cc4)cc2C3(C)C)cc1. The summed E-state index contributed by atoms with van der Waals surface area (Å²) in [4.78, 5) is 0. The van der Waals surface area contributed by atoms with E-state index in [1.54, 1.807) is 0 Å². The number of benzene rings is 9. The van der Waals surface area contributed by atoms with Gasteiger partial charge in [0, 0.05) is 74.8 Å². The molecule has 2 aliphatic rings. The molecule has 2 nitrogen and oxygen atoms in total. The molecule has 3 aromatic heterocycles. The molecule has 0 saturated heterocycles. The fourth-order valence-corrected chi connectivity index (χ4v) is 15.8. The molecule has 4 heterocycles. The predicted molar refractivity (Wildman–Crippen MR) is 360 cm³/mol. The smallest absolute Gasteiger partial charge is 0.211 e. The minimum atomic E-state index is -0.254. The number of anilines is 2. The van der Waals surface area contributed by atoms with Gasteiger partial charge in [-0.3, -0.25) is 0 Å². The molecule has 12 aromatic rings. The fraction of sp³-hybridized carbons (Fsp3) is 0.273. The highest BCUT2D eigenvalue weighted by Crippen LogP contribution is 2.53. The van der Waals surface area contributed by atoms with Crippen LogP contribution in [0, 0.1) is 0 Å². The van der Waals surface area contributed by atoms with Crippen LogP contribution in [0.1, 0.15) is 153 Å². The normalized spacial score (nSPS) is 14.1. The first kappa shape index (κ1) is 52.9. The van der Waals surface area contributed by atoms with Crippen molar-refractivity contribution in [1.29, 1.82) is 0 Å². The molecule has 9 aromatic carbocycles. The highest BCUT2D eigenvalue weighted by molar-refractivity contribution is 7.29. The van der Waals surface area contributed by atoms with Gasteiger partial charge in [0.25, 0.3) is 0 Å². The van der Waals surface area contributed by atoms with Gasteiger partial charge in [-0.05, 0) is 160 Å². The minimum absolute atomic E-state index is 0.0152. The fourth-order valence-electron chi connectivity index (χ4n) is 13.6. The Morgan fingerprint density at radius 1 is 0.463 bits per heavy atom. The summed E-state index contributed by atoms with van der Waals surface area (Å²) in [5, 5.41) is 10.7. The average Bonchev–Trinajstić information content (AvgIpc) is 1.96. The Kier molecular flexibility index (Phi) is 11.9.